The van der Waals surface area contributed by atoms with E-state index in [0.29, 0.717) is 12.1 Å². The second kappa shape index (κ2) is 5.81. The second-order valence-corrected chi connectivity index (χ2v) is 7.92. The molecule has 0 unspecified atom stereocenters. The smallest absolute Gasteiger partial charge is 0.254 e. The average Bonchev–Trinajstić information content (AvgIpc) is 3.14. The van der Waals surface area contributed by atoms with Gasteiger partial charge in [-0.15, -0.1) is 0 Å². The van der Waals surface area contributed by atoms with Crippen molar-refractivity contribution in [3.63, 3.8) is 0 Å². The summed E-state index contributed by atoms with van der Waals surface area (Å²) < 4.78 is 25.1. The zero-order chi connectivity index (χ0) is 16.6. The van der Waals surface area contributed by atoms with E-state index in [2.05, 4.69) is 5.10 Å². The molecule has 6 nitrogen and oxygen atoms in total. The number of nitrogens with zero attached hydrogens (tertiary/aromatic N) is 3. The molecule has 1 fully saturated rings. The number of carbonyl (C=O) groups excluding carboxylic acids is 1. The van der Waals surface area contributed by atoms with Crippen LogP contribution in [0.4, 0.5) is 0 Å². The first kappa shape index (κ1) is 15.7. The molecule has 1 aromatic heterocycles. The van der Waals surface area contributed by atoms with Crippen LogP contribution in [0.2, 0.25) is 0 Å². The molecule has 1 aromatic carbocycles. The summed E-state index contributed by atoms with van der Waals surface area (Å²) in [6, 6.07) is 6.23. The van der Waals surface area contributed by atoms with Gasteiger partial charge in [-0.1, -0.05) is 6.07 Å². The highest BCUT2D eigenvalue weighted by Crippen LogP contribution is 2.33. The summed E-state index contributed by atoms with van der Waals surface area (Å²) >= 11 is 0. The third-order valence-corrected chi connectivity index (χ3v) is 5.24. The summed E-state index contributed by atoms with van der Waals surface area (Å²) in [5, 5.41) is 4.17. The highest BCUT2D eigenvalue weighted by atomic mass is 32.2. The van der Waals surface area contributed by atoms with Crippen molar-refractivity contribution in [1.29, 1.82) is 0 Å². The molecule has 7 heteroatoms. The molecule has 0 spiro atoms. The minimum absolute atomic E-state index is 0.00177. The third kappa shape index (κ3) is 3.14. The van der Waals surface area contributed by atoms with Gasteiger partial charge in [-0.05, 0) is 31.0 Å². The van der Waals surface area contributed by atoms with Crippen LogP contribution < -0.4 is 0 Å². The molecule has 2 heterocycles. The monoisotopic (exact) mass is 333 g/mol. The van der Waals surface area contributed by atoms with E-state index in [9.17, 15) is 13.2 Å². The van der Waals surface area contributed by atoms with E-state index in [1.54, 1.807) is 27.9 Å². The molecule has 1 saturated heterocycles. The second-order valence-electron chi connectivity index (χ2n) is 5.90. The van der Waals surface area contributed by atoms with Crippen molar-refractivity contribution in [3.8, 4) is 0 Å². The lowest BCUT2D eigenvalue weighted by molar-refractivity contribution is 0.0735. The molecular formula is C16H19N3O3S. The fourth-order valence-corrected chi connectivity index (χ4v) is 3.66. The summed E-state index contributed by atoms with van der Waals surface area (Å²) in [6.45, 7) is 0.668. The van der Waals surface area contributed by atoms with Gasteiger partial charge in [0.2, 0.25) is 0 Å². The lowest BCUT2D eigenvalue weighted by Gasteiger charge is -2.24. The number of sulfone groups is 1. The van der Waals surface area contributed by atoms with Crippen molar-refractivity contribution >= 4 is 15.7 Å². The molecule has 1 aliphatic heterocycles. The molecule has 3 rings (SSSR count). The van der Waals surface area contributed by atoms with Gasteiger partial charge < -0.3 is 4.90 Å². The van der Waals surface area contributed by atoms with Crippen LogP contribution in [0.5, 0.6) is 0 Å². The minimum Gasteiger partial charge on any atom is -0.331 e. The third-order valence-electron chi connectivity index (χ3n) is 4.13. The first-order valence-corrected chi connectivity index (χ1v) is 9.35. The van der Waals surface area contributed by atoms with E-state index in [-0.39, 0.29) is 16.8 Å². The predicted octanol–water partition coefficient (Wildman–Crippen LogP) is 1.80. The zero-order valence-corrected chi connectivity index (χ0v) is 14.0. The van der Waals surface area contributed by atoms with E-state index < -0.39 is 9.84 Å². The first-order valence-electron chi connectivity index (χ1n) is 7.46. The van der Waals surface area contributed by atoms with Gasteiger partial charge in [-0.3, -0.25) is 9.48 Å². The molecule has 0 bridgehead atoms. The average molecular weight is 333 g/mol. The van der Waals surface area contributed by atoms with E-state index >= 15 is 0 Å². The Labute approximate surface area is 135 Å². The maximum atomic E-state index is 12.8. The quantitative estimate of drug-likeness (QED) is 0.858. The topological polar surface area (TPSA) is 72.3 Å². The van der Waals surface area contributed by atoms with Gasteiger partial charge >= 0.3 is 0 Å². The molecule has 1 aliphatic rings. The lowest BCUT2D eigenvalue weighted by Crippen LogP contribution is -2.30. The summed E-state index contributed by atoms with van der Waals surface area (Å²) in [4.78, 5) is 14.8. The van der Waals surface area contributed by atoms with Crippen LogP contribution >= 0.6 is 0 Å². The van der Waals surface area contributed by atoms with Crippen LogP contribution in [-0.4, -0.2) is 41.8 Å². The lowest BCUT2D eigenvalue weighted by atomic mass is 10.1. The maximum Gasteiger partial charge on any atom is 0.254 e. The Kier molecular flexibility index (Phi) is 3.97. The number of hydrogen-bond acceptors (Lipinski definition) is 4. The summed E-state index contributed by atoms with van der Waals surface area (Å²) in [5.41, 5.74) is 1.42. The SMILES string of the molecule is Cn1cc([C@H]2CCCN2C(=O)c2cccc(S(C)(=O)=O)c2)cn1. The van der Waals surface area contributed by atoms with Gasteiger partial charge in [-0.2, -0.15) is 5.10 Å². The van der Waals surface area contributed by atoms with Gasteiger partial charge in [-0.25, -0.2) is 8.42 Å². The van der Waals surface area contributed by atoms with Crippen LogP contribution in [0.3, 0.4) is 0 Å². The van der Waals surface area contributed by atoms with Crippen molar-refractivity contribution < 1.29 is 13.2 Å². The van der Waals surface area contributed by atoms with E-state index in [1.165, 1.54) is 12.1 Å². The Morgan fingerprint density at radius 3 is 2.78 bits per heavy atom. The summed E-state index contributed by atoms with van der Waals surface area (Å²) in [7, 11) is -1.48. The standard InChI is InChI=1S/C16H19N3O3S/c1-18-11-13(10-17-18)15-7-4-8-19(15)16(20)12-5-3-6-14(9-12)23(2,21)22/h3,5-6,9-11,15H,4,7-8H2,1-2H3/t15-/m1/s1. The number of hydrogen-bond donors (Lipinski definition) is 0. The fourth-order valence-electron chi connectivity index (χ4n) is 2.99. The number of carbonyl (C=O) groups is 1. The number of rotatable bonds is 3. The molecule has 122 valence electrons. The van der Waals surface area contributed by atoms with Crippen LogP contribution in [0.15, 0.2) is 41.6 Å². The molecule has 1 atom stereocenters. The maximum absolute atomic E-state index is 12.8. The molecule has 0 radical (unpaired) electrons. The molecule has 0 aliphatic carbocycles. The largest absolute Gasteiger partial charge is 0.331 e. The van der Waals surface area contributed by atoms with Crippen molar-refractivity contribution in [2.24, 2.45) is 7.05 Å². The molecule has 1 amide bonds. The highest BCUT2D eigenvalue weighted by molar-refractivity contribution is 7.90. The van der Waals surface area contributed by atoms with Crippen molar-refractivity contribution in [2.75, 3.05) is 12.8 Å². The van der Waals surface area contributed by atoms with Crippen LogP contribution in [0.1, 0.15) is 34.8 Å². The molecule has 0 saturated carbocycles. The molecule has 0 N–H and O–H groups in total. The minimum atomic E-state index is -3.33. The van der Waals surface area contributed by atoms with Gasteiger partial charge in [0.1, 0.15) is 0 Å². The normalized spacial score (nSPS) is 18.3. The Balaban J connectivity index is 1.90. The Morgan fingerprint density at radius 2 is 2.13 bits per heavy atom. The van der Waals surface area contributed by atoms with Crippen molar-refractivity contribution in [3.05, 3.63) is 47.8 Å². The first-order chi connectivity index (χ1) is 10.9. The zero-order valence-electron chi connectivity index (χ0n) is 13.1. The predicted molar refractivity (Wildman–Crippen MR) is 85.8 cm³/mol. The van der Waals surface area contributed by atoms with Crippen molar-refractivity contribution in [2.45, 2.75) is 23.8 Å². The Hall–Kier alpha value is -2.15. The fraction of sp³-hybridized carbons (Fsp3) is 0.375. The summed E-state index contributed by atoms with van der Waals surface area (Å²) in [6.07, 6.45) is 6.66. The van der Waals surface area contributed by atoms with Gasteiger partial charge in [0.15, 0.2) is 9.84 Å². The number of aryl methyl sites for hydroxylation is 1. The van der Waals surface area contributed by atoms with E-state index in [1.807, 2.05) is 13.2 Å². The highest BCUT2D eigenvalue weighted by Gasteiger charge is 2.31. The van der Waals surface area contributed by atoms with E-state index in [0.717, 1.165) is 24.7 Å². The van der Waals surface area contributed by atoms with Gasteiger partial charge in [0, 0.05) is 37.2 Å². The number of benzene rings is 1. The Morgan fingerprint density at radius 1 is 1.35 bits per heavy atom. The van der Waals surface area contributed by atoms with Gasteiger partial charge in [0.05, 0.1) is 17.1 Å². The van der Waals surface area contributed by atoms with Crippen LogP contribution in [0.25, 0.3) is 0 Å². The van der Waals surface area contributed by atoms with Crippen molar-refractivity contribution in [1.82, 2.24) is 14.7 Å². The summed E-state index contributed by atoms with van der Waals surface area (Å²) in [5.74, 6) is -0.137. The molecule has 23 heavy (non-hydrogen) atoms. The molecular weight excluding hydrogens is 314 g/mol. The Bertz CT molecular complexity index is 842. The van der Waals surface area contributed by atoms with E-state index in [4.69, 9.17) is 0 Å². The molecule has 2 aromatic rings. The van der Waals surface area contributed by atoms with Crippen LogP contribution in [-0.2, 0) is 16.9 Å². The number of aromatic nitrogens is 2. The van der Waals surface area contributed by atoms with Crippen LogP contribution in [0, 0.1) is 0 Å². The number of amides is 1. The van der Waals surface area contributed by atoms with Gasteiger partial charge in [0.25, 0.3) is 5.91 Å². The number of likely N-dealkylation sites (tertiary alicyclic amines) is 1.